The molecule has 2 rings (SSSR count). The zero-order chi connectivity index (χ0) is 10.9. The summed E-state index contributed by atoms with van der Waals surface area (Å²) in [4.78, 5) is 0.211. The van der Waals surface area contributed by atoms with Gasteiger partial charge in [-0.2, -0.15) is 8.42 Å². The van der Waals surface area contributed by atoms with Crippen LogP contribution in [-0.4, -0.2) is 15.5 Å². The molecular weight excluding hydrogens is 212 g/mol. The Labute approximate surface area is 88.4 Å². The summed E-state index contributed by atoms with van der Waals surface area (Å²) < 4.78 is 27.7. The maximum atomic E-state index is 11.6. The highest BCUT2D eigenvalue weighted by molar-refractivity contribution is 7.87. The van der Waals surface area contributed by atoms with Crippen LogP contribution in [0.1, 0.15) is 0 Å². The van der Waals surface area contributed by atoms with Crippen molar-refractivity contribution in [3.8, 4) is 0 Å². The Morgan fingerprint density at radius 1 is 1.00 bits per heavy atom. The maximum Gasteiger partial charge on any atom is 0.297 e. The van der Waals surface area contributed by atoms with Gasteiger partial charge in [0.15, 0.2) is 0 Å². The van der Waals surface area contributed by atoms with Gasteiger partial charge in [-0.1, -0.05) is 36.4 Å². The van der Waals surface area contributed by atoms with Crippen LogP contribution < -0.4 is 0 Å². The molecule has 0 fully saturated rings. The molecule has 0 aliphatic heterocycles. The predicted octanol–water partition coefficient (Wildman–Crippen LogP) is 2.17. The summed E-state index contributed by atoms with van der Waals surface area (Å²) >= 11 is 0. The van der Waals surface area contributed by atoms with Crippen LogP contribution in [0.4, 0.5) is 0 Å². The second kappa shape index (κ2) is 3.64. The third kappa shape index (κ3) is 1.73. The first-order valence-corrected chi connectivity index (χ1v) is 5.84. The lowest BCUT2D eigenvalue weighted by atomic mass is 10.1. The van der Waals surface area contributed by atoms with E-state index in [1.54, 1.807) is 24.3 Å². The van der Waals surface area contributed by atoms with Gasteiger partial charge in [0.05, 0.1) is 7.11 Å². The average Bonchev–Trinajstić information content (AvgIpc) is 2.28. The summed E-state index contributed by atoms with van der Waals surface area (Å²) in [6, 6.07) is 12.4. The van der Waals surface area contributed by atoms with Gasteiger partial charge < -0.3 is 0 Å². The fraction of sp³-hybridized carbons (Fsp3) is 0.0909. The predicted molar refractivity (Wildman–Crippen MR) is 58.1 cm³/mol. The Bertz CT molecular complexity index is 582. The van der Waals surface area contributed by atoms with Crippen LogP contribution in [-0.2, 0) is 14.3 Å². The minimum Gasteiger partial charge on any atom is -0.270 e. The first-order chi connectivity index (χ1) is 7.15. The first-order valence-electron chi connectivity index (χ1n) is 4.43. The third-order valence-corrected chi connectivity index (χ3v) is 3.57. The highest BCUT2D eigenvalue weighted by atomic mass is 32.2. The third-order valence-electron chi connectivity index (χ3n) is 2.24. The van der Waals surface area contributed by atoms with Gasteiger partial charge in [-0.3, -0.25) is 4.18 Å². The van der Waals surface area contributed by atoms with E-state index in [-0.39, 0.29) is 4.90 Å². The van der Waals surface area contributed by atoms with E-state index in [0.717, 1.165) is 12.5 Å². The molecule has 2 aromatic rings. The van der Waals surface area contributed by atoms with Gasteiger partial charge in [0.2, 0.25) is 0 Å². The number of hydrogen-bond donors (Lipinski definition) is 0. The van der Waals surface area contributed by atoms with Crippen LogP contribution in [0.15, 0.2) is 47.4 Å². The molecular formula is C11H10O3S. The van der Waals surface area contributed by atoms with Crippen LogP contribution in [0.2, 0.25) is 0 Å². The Balaban J connectivity index is 2.83. The lowest BCUT2D eigenvalue weighted by molar-refractivity contribution is 0.398. The average molecular weight is 222 g/mol. The van der Waals surface area contributed by atoms with Crippen molar-refractivity contribution in [3.63, 3.8) is 0 Å². The summed E-state index contributed by atoms with van der Waals surface area (Å²) in [5, 5.41) is 1.57. The smallest absolute Gasteiger partial charge is 0.270 e. The second-order valence-electron chi connectivity index (χ2n) is 3.10. The zero-order valence-electron chi connectivity index (χ0n) is 8.17. The molecule has 0 saturated heterocycles. The van der Waals surface area contributed by atoms with Gasteiger partial charge in [-0.15, -0.1) is 0 Å². The summed E-state index contributed by atoms with van der Waals surface area (Å²) in [6.45, 7) is 0. The van der Waals surface area contributed by atoms with Crippen LogP contribution in [0.3, 0.4) is 0 Å². The molecule has 4 heteroatoms. The first kappa shape index (κ1) is 10.1. The van der Waals surface area contributed by atoms with E-state index in [9.17, 15) is 8.42 Å². The zero-order valence-corrected chi connectivity index (χ0v) is 8.99. The van der Waals surface area contributed by atoms with Gasteiger partial charge >= 0.3 is 0 Å². The Kier molecular flexibility index (Phi) is 2.46. The minimum atomic E-state index is -3.62. The molecule has 2 aromatic carbocycles. The monoisotopic (exact) mass is 222 g/mol. The van der Waals surface area contributed by atoms with Crippen LogP contribution in [0.25, 0.3) is 10.8 Å². The Morgan fingerprint density at radius 3 is 2.40 bits per heavy atom. The second-order valence-corrected chi connectivity index (χ2v) is 4.78. The highest BCUT2D eigenvalue weighted by Crippen LogP contribution is 2.23. The SMILES string of the molecule is COS(=O)(=O)c1cccc2ccccc12. The normalized spacial score (nSPS) is 11.8. The molecule has 0 aliphatic carbocycles. The van der Waals surface area contributed by atoms with Crippen molar-refractivity contribution in [3.05, 3.63) is 42.5 Å². The molecule has 0 radical (unpaired) electrons. The Hall–Kier alpha value is -1.39. The van der Waals surface area contributed by atoms with Crippen molar-refractivity contribution in [1.82, 2.24) is 0 Å². The summed E-state index contributed by atoms with van der Waals surface area (Å²) in [7, 11) is -2.46. The van der Waals surface area contributed by atoms with E-state index >= 15 is 0 Å². The molecule has 3 nitrogen and oxygen atoms in total. The molecule has 0 aliphatic rings. The van der Waals surface area contributed by atoms with Gasteiger partial charge in [0, 0.05) is 5.39 Å². The largest absolute Gasteiger partial charge is 0.297 e. The number of fused-ring (bicyclic) bond motifs is 1. The molecule has 0 aromatic heterocycles. The van der Waals surface area contributed by atoms with Gasteiger partial charge in [0.1, 0.15) is 4.90 Å². The van der Waals surface area contributed by atoms with Crippen molar-refractivity contribution in [2.45, 2.75) is 4.90 Å². The molecule has 0 atom stereocenters. The molecule has 0 N–H and O–H groups in total. The maximum absolute atomic E-state index is 11.6. The molecule has 0 saturated carbocycles. The van der Waals surface area contributed by atoms with Crippen LogP contribution in [0.5, 0.6) is 0 Å². The van der Waals surface area contributed by atoms with Crippen LogP contribution in [0, 0.1) is 0 Å². The summed E-state index contributed by atoms with van der Waals surface area (Å²) in [5.41, 5.74) is 0. The summed E-state index contributed by atoms with van der Waals surface area (Å²) in [6.07, 6.45) is 0. The number of rotatable bonds is 2. The van der Waals surface area contributed by atoms with Gasteiger partial charge in [-0.25, -0.2) is 0 Å². The van der Waals surface area contributed by atoms with E-state index in [1.807, 2.05) is 18.2 Å². The van der Waals surface area contributed by atoms with Crippen molar-refractivity contribution in [2.24, 2.45) is 0 Å². The molecule has 0 bridgehead atoms. The fourth-order valence-electron chi connectivity index (χ4n) is 1.50. The Morgan fingerprint density at radius 2 is 1.67 bits per heavy atom. The van der Waals surface area contributed by atoms with E-state index in [2.05, 4.69) is 4.18 Å². The van der Waals surface area contributed by atoms with E-state index in [0.29, 0.717) is 5.39 Å². The minimum absolute atomic E-state index is 0.211. The van der Waals surface area contributed by atoms with Gasteiger partial charge in [-0.05, 0) is 11.5 Å². The lowest BCUT2D eigenvalue weighted by Crippen LogP contribution is -2.03. The molecule has 78 valence electrons. The molecule has 0 amide bonds. The highest BCUT2D eigenvalue weighted by Gasteiger charge is 2.15. The summed E-state index contributed by atoms with van der Waals surface area (Å²) in [5.74, 6) is 0. The van der Waals surface area contributed by atoms with Crippen LogP contribution >= 0.6 is 0 Å². The molecule has 0 unspecified atom stereocenters. The number of hydrogen-bond acceptors (Lipinski definition) is 3. The van der Waals surface area contributed by atoms with Crippen molar-refractivity contribution in [2.75, 3.05) is 7.11 Å². The number of benzene rings is 2. The van der Waals surface area contributed by atoms with Crippen molar-refractivity contribution >= 4 is 20.9 Å². The molecule has 15 heavy (non-hydrogen) atoms. The van der Waals surface area contributed by atoms with E-state index in [1.165, 1.54) is 0 Å². The van der Waals surface area contributed by atoms with E-state index < -0.39 is 10.1 Å². The van der Waals surface area contributed by atoms with Gasteiger partial charge in [0.25, 0.3) is 10.1 Å². The van der Waals surface area contributed by atoms with Crippen molar-refractivity contribution in [1.29, 1.82) is 0 Å². The lowest BCUT2D eigenvalue weighted by Gasteiger charge is -2.05. The van der Waals surface area contributed by atoms with E-state index in [4.69, 9.17) is 0 Å². The quantitative estimate of drug-likeness (QED) is 0.731. The fourth-order valence-corrected chi connectivity index (χ4v) is 2.38. The molecule has 0 heterocycles. The topological polar surface area (TPSA) is 43.4 Å². The van der Waals surface area contributed by atoms with Crippen molar-refractivity contribution < 1.29 is 12.6 Å². The molecule has 0 spiro atoms. The standard InChI is InChI=1S/C11H10O3S/c1-14-15(12,13)11-8-4-6-9-5-2-3-7-10(9)11/h2-8H,1H3.